The summed E-state index contributed by atoms with van der Waals surface area (Å²) in [6, 6.07) is 8.75. The number of ether oxygens (including phenoxy) is 3. The Morgan fingerprint density at radius 2 is 2.04 bits per heavy atom. The van der Waals surface area contributed by atoms with Crippen molar-refractivity contribution in [2.75, 3.05) is 20.8 Å². The van der Waals surface area contributed by atoms with Crippen LogP contribution in [0.1, 0.15) is 21.1 Å². The number of thiazole rings is 1. The number of nitrogens with zero attached hydrogens (tertiary/aromatic N) is 2. The maximum absolute atomic E-state index is 12.3. The largest absolute Gasteiger partial charge is 0.493 e. The minimum Gasteiger partial charge on any atom is -0.493 e. The molecule has 0 saturated heterocycles. The number of methoxy groups -OCH3 is 2. The van der Waals surface area contributed by atoms with Crippen LogP contribution in [0.5, 0.6) is 17.2 Å². The summed E-state index contributed by atoms with van der Waals surface area (Å²) < 4.78 is 16.1. The first-order valence-electron chi connectivity index (χ1n) is 8.66. The second kappa shape index (κ2) is 9.70. The molecule has 28 heavy (non-hydrogen) atoms. The number of carbonyl (C=O) groups excluding carboxylic acids is 1. The molecule has 0 aliphatic heterocycles. The van der Waals surface area contributed by atoms with Gasteiger partial charge in [0.25, 0.3) is 5.91 Å². The summed E-state index contributed by atoms with van der Waals surface area (Å²) in [6.45, 7) is 0.883. The second-order valence-corrected chi connectivity index (χ2v) is 6.73. The standard InChI is InChI=1S/C20H21N3O4S/c1-25-17-6-5-14(10-18(17)26-2)20(24)22-9-7-15-13-28-19(23-15)12-27-16-4-3-8-21-11-16/h3-6,8,10-11,13H,7,9,12H2,1-2H3,(H,22,24). The van der Waals surface area contributed by atoms with E-state index in [1.54, 1.807) is 37.7 Å². The lowest BCUT2D eigenvalue weighted by atomic mass is 10.2. The molecule has 3 aromatic rings. The van der Waals surface area contributed by atoms with E-state index in [-0.39, 0.29) is 5.91 Å². The molecule has 0 saturated carbocycles. The molecular formula is C20H21N3O4S. The van der Waals surface area contributed by atoms with E-state index in [0.717, 1.165) is 10.7 Å². The van der Waals surface area contributed by atoms with E-state index >= 15 is 0 Å². The van der Waals surface area contributed by atoms with E-state index in [1.807, 2.05) is 17.5 Å². The number of hydrogen-bond acceptors (Lipinski definition) is 7. The Bertz CT molecular complexity index is 915. The number of aromatic nitrogens is 2. The van der Waals surface area contributed by atoms with Crippen LogP contribution in [0.25, 0.3) is 0 Å². The van der Waals surface area contributed by atoms with Gasteiger partial charge in [0.15, 0.2) is 11.5 Å². The molecule has 8 heteroatoms. The van der Waals surface area contributed by atoms with Gasteiger partial charge >= 0.3 is 0 Å². The average Bonchev–Trinajstić information content (AvgIpc) is 3.20. The molecule has 3 rings (SSSR count). The number of carbonyl (C=O) groups is 1. The van der Waals surface area contributed by atoms with E-state index in [4.69, 9.17) is 14.2 Å². The molecule has 0 aliphatic rings. The Morgan fingerprint density at radius 1 is 1.18 bits per heavy atom. The number of hydrogen-bond donors (Lipinski definition) is 1. The molecular weight excluding hydrogens is 378 g/mol. The zero-order valence-corrected chi connectivity index (χ0v) is 16.5. The molecule has 0 atom stereocenters. The fourth-order valence-electron chi connectivity index (χ4n) is 2.49. The van der Waals surface area contributed by atoms with Crippen LogP contribution in [0.4, 0.5) is 0 Å². The molecule has 0 bridgehead atoms. The van der Waals surface area contributed by atoms with Crippen molar-refractivity contribution in [1.29, 1.82) is 0 Å². The van der Waals surface area contributed by atoms with Crippen molar-refractivity contribution >= 4 is 17.2 Å². The van der Waals surface area contributed by atoms with Gasteiger partial charge in [0.1, 0.15) is 17.4 Å². The molecule has 1 aromatic carbocycles. The van der Waals surface area contributed by atoms with Crippen LogP contribution >= 0.6 is 11.3 Å². The number of rotatable bonds is 9. The van der Waals surface area contributed by atoms with Crippen molar-refractivity contribution in [2.45, 2.75) is 13.0 Å². The molecule has 2 heterocycles. The zero-order valence-electron chi connectivity index (χ0n) is 15.7. The van der Waals surface area contributed by atoms with E-state index in [9.17, 15) is 4.79 Å². The van der Waals surface area contributed by atoms with Crippen molar-refractivity contribution in [3.8, 4) is 17.2 Å². The highest BCUT2D eigenvalue weighted by Crippen LogP contribution is 2.27. The Balaban J connectivity index is 1.47. The predicted octanol–water partition coefficient (Wildman–Crippen LogP) is 3.11. The van der Waals surface area contributed by atoms with Crippen molar-refractivity contribution < 1.29 is 19.0 Å². The van der Waals surface area contributed by atoms with Crippen molar-refractivity contribution in [3.05, 3.63) is 64.4 Å². The normalized spacial score (nSPS) is 10.4. The van der Waals surface area contributed by atoms with Crippen LogP contribution in [-0.2, 0) is 13.0 Å². The van der Waals surface area contributed by atoms with Crippen LogP contribution in [0.2, 0.25) is 0 Å². The van der Waals surface area contributed by atoms with Gasteiger partial charge in [-0.2, -0.15) is 0 Å². The number of pyridine rings is 1. The zero-order chi connectivity index (χ0) is 19.8. The number of nitrogens with one attached hydrogen (secondary N) is 1. The molecule has 0 aliphatic carbocycles. The SMILES string of the molecule is COc1ccc(C(=O)NCCc2csc(COc3cccnc3)n2)cc1OC. The summed E-state index contributed by atoms with van der Waals surface area (Å²) >= 11 is 1.53. The fraction of sp³-hybridized carbons (Fsp3) is 0.250. The summed E-state index contributed by atoms with van der Waals surface area (Å²) in [6.07, 6.45) is 4.01. The smallest absolute Gasteiger partial charge is 0.251 e. The topological polar surface area (TPSA) is 82.6 Å². The quantitative estimate of drug-likeness (QED) is 0.595. The first-order valence-corrected chi connectivity index (χ1v) is 9.54. The van der Waals surface area contributed by atoms with Crippen LogP contribution < -0.4 is 19.5 Å². The van der Waals surface area contributed by atoms with Gasteiger partial charge in [-0.05, 0) is 30.3 Å². The van der Waals surface area contributed by atoms with Crippen molar-refractivity contribution in [1.82, 2.24) is 15.3 Å². The summed E-state index contributed by atoms with van der Waals surface area (Å²) in [5.41, 5.74) is 1.43. The maximum Gasteiger partial charge on any atom is 0.251 e. The lowest BCUT2D eigenvalue weighted by Crippen LogP contribution is -2.25. The Labute approximate surface area is 167 Å². The van der Waals surface area contributed by atoms with Gasteiger partial charge in [-0.3, -0.25) is 9.78 Å². The number of amides is 1. The minimum absolute atomic E-state index is 0.170. The van der Waals surface area contributed by atoms with Gasteiger partial charge in [0.2, 0.25) is 0 Å². The Kier molecular flexibility index (Phi) is 6.80. The highest BCUT2D eigenvalue weighted by Gasteiger charge is 2.11. The first kappa shape index (κ1) is 19.6. The predicted molar refractivity (Wildman–Crippen MR) is 106 cm³/mol. The molecule has 146 valence electrons. The summed E-state index contributed by atoms with van der Waals surface area (Å²) in [5.74, 6) is 1.65. The van der Waals surface area contributed by atoms with Gasteiger partial charge in [-0.1, -0.05) is 0 Å². The van der Waals surface area contributed by atoms with Crippen LogP contribution in [0, 0.1) is 0 Å². The third kappa shape index (κ3) is 5.20. The van der Waals surface area contributed by atoms with E-state index in [1.165, 1.54) is 18.4 Å². The molecule has 2 aromatic heterocycles. The molecule has 0 spiro atoms. The van der Waals surface area contributed by atoms with Crippen molar-refractivity contribution in [3.63, 3.8) is 0 Å². The van der Waals surface area contributed by atoms with Gasteiger partial charge < -0.3 is 19.5 Å². The van der Waals surface area contributed by atoms with Gasteiger partial charge in [0, 0.05) is 30.1 Å². The van der Waals surface area contributed by atoms with Crippen LogP contribution in [0.3, 0.4) is 0 Å². The van der Waals surface area contributed by atoms with E-state index in [2.05, 4.69) is 15.3 Å². The van der Waals surface area contributed by atoms with Crippen LogP contribution in [0.15, 0.2) is 48.1 Å². The average molecular weight is 399 g/mol. The lowest BCUT2D eigenvalue weighted by Gasteiger charge is -2.09. The first-order chi connectivity index (χ1) is 13.7. The van der Waals surface area contributed by atoms with Gasteiger partial charge in [0.05, 0.1) is 26.1 Å². The molecule has 1 N–H and O–H groups in total. The summed E-state index contributed by atoms with van der Waals surface area (Å²) in [7, 11) is 3.10. The molecule has 1 amide bonds. The Morgan fingerprint density at radius 3 is 2.79 bits per heavy atom. The fourth-order valence-corrected chi connectivity index (χ4v) is 3.23. The van der Waals surface area contributed by atoms with Gasteiger partial charge in [-0.15, -0.1) is 11.3 Å². The Hall–Kier alpha value is -3.13. The molecule has 7 nitrogen and oxygen atoms in total. The third-order valence-electron chi connectivity index (χ3n) is 3.91. The van der Waals surface area contributed by atoms with Crippen LogP contribution in [-0.4, -0.2) is 36.6 Å². The van der Waals surface area contributed by atoms with E-state index < -0.39 is 0 Å². The highest BCUT2D eigenvalue weighted by atomic mass is 32.1. The monoisotopic (exact) mass is 399 g/mol. The number of benzene rings is 1. The third-order valence-corrected chi connectivity index (χ3v) is 4.78. The minimum atomic E-state index is -0.170. The van der Waals surface area contributed by atoms with Crippen molar-refractivity contribution in [2.24, 2.45) is 0 Å². The molecule has 0 fully saturated rings. The molecule has 0 radical (unpaired) electrons. The highest BCUT2D eigenvalue weighted by molar-refractivity contribution is 7.09. The van der Waals surface area contributed by atoms with E-state index in [0.29, 0.717) is 42.4 Å². The lowest BCUT2D eigenvalue weighted by molar-refractivity contribution is 0.0953. The van der Waals surface area contributed by atoms with Gasteiger partial charge in [-0.25, -0.2) is 4.98 Å². The summed E-state index contributed by atoms with van der Waals surface area (Å²) in [4.78, 5) is 20.9. The second-order valence-electron chi connectivity index (χ2n) is 5.79. The summed E-state index contributed by atoms with van der Waals surface area (Å²) in [5, 5.41) is 5.75. The maximum atomic E-state index is 12.3. The molecule has 0 unspecified atom stereocenters.